The number of aliphatic hydroxyl groups is 6. The van der Waals surface area contributed by atoms with Gasteiger partial charge in [0.15, 0.2) is 6.29 Å². The van der Waals surface area contributed by atoms with E-state index in [0.717, 1.165) is 38.5 Å². The Morgan fingerprint density at radius 1 is 0.978 bits per heavy atom. The summed E-state index contributed by atoms with van der Waals surface area (Å²) in [7, 11) is 0. The molecule has 14 atom stereocenters. The lowest BCUT2D eigenvalue weighted by Crippen LogP contribution is -2.63. The van der Waals surface area contributed by atoms with Gasteiger partial charge in [-0.25, -0.2) is 0 Å². The molecule has 4 aliphatic carbocycles. The van der Waals surface area contributed by atoms with Crippen LogP contribution in [-0.2, 0) is 14.3 Å². The van der Waals surface area contributed by atoms with Crippen LogP contribution in [0.5, 0.6) is 0 Å². The molecule has 0 aromatic rings. The van der Waals surface area contributed by atoms with Gasteiger partial charge >= 0.3 is 0 Å². The zero-order valence-electron chi connectivity index (χ0n) is 28.7. The van der Waals surface area contributed by atoms with Crippen molar-refractivity contribution in [3.63, 3.8) is 0 Å². The van der Waals surface area contributed by atoms with Gasteiger partial charge in [-0.15, -0.1) is 0 Å². The SMILES string of the molecule is C[C@H](CC[C@@H](O)C(C)(C)O[C@@H]1O[C@H](CO)[C@@H](O)[C@H](O)[C@H]1O)[C@H]1CC[C@@]2(C)C3CC=C4[C@@H](CC[C@H](O)C4(C)C)[C@]3(C)C(=O)C[C@]12C. The van der Waals surface area contributed by atoms with E-state index in [1.807, 2.05) is 0 Å². The van der Waals surface area contributed by atoms with Gasteiger partial charge in [-0.2, -0.15) is 0 Å². The van der Waals surface area contributed by atoms with Crippen molar-refractivity contribution in [2.75, 3.05) is 6.61 Å². The number of rotatable bonds is 8. The van der Waals surface area contributed by atoms with Crippen LogP contribution in [0.2, 0.25) is 0 Å². The molecule has 9 heteroatoms. The van der Waals surface area contributed by atoms with E-state index < -0.39 is 54.4 Å². The van der Waals surface area contributed by atoms with E-state index in [4.69, 9.17) is 9.47 Å². The Bertz CT molecular complexity index is 1150. The van der Waals surface area contributed by atoms with E-state index in [2.05, 4.69) is 47.6 Å². The number of allylic oxidation sites excluding steroid dienone is 1. The normalized spacial score (nSPS) is 47.7. The molecule has 0 amide bonds. The first kappa shape index (κ1) is 35.4. The second-order valence-corrected chi connectivity index (χ2v) is 17.2. The molecule has 6 N–H and O–H groups in total. The molecule has 0 aromatic heterocycles. The summed E-state index contributed by atoms with van der Waals surface area (Å²) in [6.07, 6.45) is 0.461. The fraction of sp³-hybridized carbons (Fsp3) is 0.917. The molecule has 4 fully saturated rings. The molecule has 9 nitrogen and oxygen atoms in total. The Morgan fingerprint density at radius 2 is 1.64 bits per heavy atom. The zero-order valence-corrected chi connectivity index (χ0v) is 28.7. The third-order valence-electron chi connectivity index (χ3n) is 14.4. The molecule has 1 aliphatic heterocycles. The third kappa shape index (κ3) is 5.31. The summed E-state index contributed by atoms with van der Waals surface area (Å²) in [6, 6.07) is 0. The van der Waals surface area contributed by atoms with Crippen LogP contribution in [-0.4, -0.2) is 91.5 Å². The minimum absolute atomic E-state index is 0.000921. The van der Waals surface area contributed by atoms with E-state index in [-0.39, 0.29) is 40.1 Å². The Hall–Kier alpha value is -0.910. The number of fused-ring (bicyclic) bond motifs is 5. The largest absolute Gasteiger partial charge is 0.394 e. The summed E-state index contributed by atoms with van der Waals surface area (Å²) >= 11 is 0. The first-order valence-corrected chi connectivity index (χ1v) is 17.4. The number of carbonyl (C=O) groups excluding carboxylic acids is 1. The van der Waals surface area contributed by atoms with Crippen molar-refractivity contribution in [2.45, 2.75) is 155 Å². The van der Waals surface area contributed by atoms with Crippen molar-refractivity contribution < 1.29 is 44.9 Å². The van der Waals surface area contributed by atoms with Gasteiger partial charge in [0.25, 0.3) is 0 Å². The van der Waals surface area contributed by atoms with Crippen LogP contribution in [0, 0.1) is 45.3 Å². The van der Waals surface area contributed by atoms with Crippen molar-refractivity contribution in [1.29, 1.82) is 0 Å². The zero-order chi connectivity index (χ0) is 33.5. The number of carbonyl (C=O) groups is 1. The predicted octanol–water partition coefficient (Wildman–Crippen LogP) is 3.50. The van der Waals surface area contributed by atoms with E-state index in [1.54, 1.807) is 13.8 Å². The maximum absolute atomic E-state index is 14.4. The molecule has 1 unspecified atom stereocenters. The molecule has 1 saturated heterocycles. The average molecular weight is 637 g/mol. The highest BCUT2D eigenvalue weighted by Gasteiger charge is 2.70. The lowest BCUT2D eigenvalue weighted by molar-refractivity contribution is -0.331. The number of ketones is 1. The van der Waals surface area contributed by atoms with E-state index >= 15 is 0 Å². The summed E-state index contributed by atoms with van der Waals surface area (Å²) in [5.74, 6) is 1.40. The minimum atomic E-state index is -1.55. The molecule has 0 bridgehead atoms. The number of aliphatic hydroxyl groups excluding tert-OH is 6. The Balaban J connectivity index is 1.28. The van der Waals surface area contributed by atoms with Gasteiger partial charge in [-0.1, -0.05) is 53.2 Å². The first-order chi connectivity index (χ1) is 20.8. The first-order valence-electron chi connectivity index (χ1n) is 17.4. The third-order valence-corrected chi connectivity index (χ3v) is 14.4. The van der Waals surface area contributed by atoms with Gasteiger partial charge in [0, 0.05) is 17.3 Å². The lowest BCUT2D eigenvalue weighted by Gasteiger charge is -2.64. The maximum atomic E-state index is 14.4. The Labute approximate surface area is 269 Å². The molecule has 45 heavy (non-hydrogen) atoms. The molecule has 0 spiro atoms. The number of Topliss-reactive ketones (excluding diaryl/α,β-unsaturated/α-hetero) is 1. The number of ether oxygens (including phenoxy) is 2. The highest BCUT2D eigenvalue weighted by molar-refractivity contribution is 5.88. The molecule has 0 aromatic carbocycles. The van der Waals surface area contributed by atoms with Crippen LogP contribution in [0.15, 0.2) is 11.6 Å². The molecule has 258 valence electrons. The van der Waals surface area contributed by atoms with Crippen molar-refractivity contribution in [3.8, 4) is 0 Å². The van der Waals surface area contributed by atoms with Gasteiger partial charge in [0.05, 0.1) is 24.4 Å². The van der Waals surface area contributed by atoms with Gasteiger partial charge in [-0.05, 0) is 93.3 Å². The Morgan fingerprint density at radius 3 is 2.29 bits per heavy atom. The van der Waals surface area contributed by atoms with Crippen LogP contribution < -0.4 is 0 Å². The highest BCUT2D eigenvalue weighted by atomic mass is 16.7. The molecule has 5 aliphatic rings. The maximum Gasteiger partial charge on any atom is 0.187 e. The van der Waals surface area contributed by atoms with Crippen molar-refractivity contribution in [1.82, 2.24) is 0 Å². The quantitative estimate of drug-likeness (QED) is 0.220. The summed E-state index contributed by atoms with van der Waals surface area (Å²) in [5.41, 5.74) is -0.747. The van der Waals surface area contributed by atoms with Crippen LogP contribution >= 0.6 is 0 Å². The summed E-state index contributed by atoms with van der Waals surface area (Å²) in [5, 5.41) is 62.3. The van der Waals surface area contributed by atoms with Crippen LogP contribution in [0.4, 0.5) is 0 Å². The van der Waals surface area contributed by atoms with Crippen LogP contribution in [0.25, 0.3) is 0 Å². The van der Waals surface area contributed by atoms with Gasteiger partial charge < -0.3 is 40.1 Å². The molecule has 5 rings (SSSR count). The predicted molar refractivity (Wildman–Crippen MR) is 169 cm³/mol. The fourth-order valence-electron chi connectivity index (χ4n) is 10.9. The van der Waals surface area contributed by atoms with Crippen molar-refractivity contribution in [3.05, 3.63) is 11.6 Å². The second kappa shape index (κ2) is 11.9. The minimum Gasteiger partial charge on any atom is -0.394 e. The standard InChI is InChI=1S/C36H60O9/c1-19(9-13-26(39)33(4,5)45-31-30(43)29(42)28(41)23(18-37)44-31)20-15-16-34(6)24-12-10-21-22(11-14-25(38)32(21,2)3)36(24,8)27(40)17-35(20,34)7/h10,19-20,22-26,28-31,37-39,41-43H,9,11-18H2,1-8H3/t19-,20-,22-,23-,24?,25+,26-,28-,29+,30-,31+,34+,35-,36+/m1/s1. The number of hydrogen-bond donors (Lipinski definition) is 6. The molecule has 1 heterocycles. The van der Waals surface area contributed by atoms with Crippen LogP contribution in [0.3, 0.4) is 0 Å². The smallest absolute Gasteiger partial charge is 0.187 e. The second-order valence-electron chi connectivity index (χ2n) is 17.2. The molecule has 0 radical (unpaired) electrons. The average Bonchev–Trinajstić information content (AvgIpc) is 3.24. The topological polar surface area (TPSA) is 157 Å². The van der Waals surface area contributed by atoms with Gasteiger partial charge in [0.1, 0.15) is 30.2 Å². The van der Waals surface area contributed by atoms with E-state index in [9.17, 15) is 35.4 Å². The van der Waals surface area contributed by atoms with Gasteiger partial charge in [0.2, 0.25) is 0 Å². The highest BCUT2D eigenvalue weighted by Crippen LogP contribution is 2.74. The molecule has 3 saturated carbocycles. The van der Waals surface area contributed by atoms with Gasteiger partial charge in [-0.3, -0.25) is 4.79 Å². The van der Waals surface area contributed by atoms with E-state index in [1.165, 1.54) is 5.57 Å². The van der Waals surface area contributed by atoms with Crippen LogP contribution in [0.1, 0.15) is 107 Å². The monoisotopic (exact) mass is 636 g/mol. The fourth-order valence-corrected chi connectivity index (χ4v) is 10.9. The summed E-state index contributed by atoms with van der Waals surface area (Å²) in [6.45, 7) is 16.4. The lowest BCUT2D eigenvalue weighted by atomic mass is 9.38. The Kier molecular flexibility index (Phi) is 9.36. The molecular formula is C36H60O9. The summed E-state index contributed by atoms with van der Waals surface area (Å²) in [4.78, 5) is 14.4. The van der Waals surface area contributed by atoms with Crippen molar-refractivity contribution >= 4 is 5.78 Å². The van der Waals surface area contributed by atoms with E-state index in [0.29, 0.717) is 24.5 Å². The van der Waals surface area contributed by atoms with Crippen molar-refractivity contribution in [2.24, 2.45) is 45.3 Å². The summed E-state index contributed by atoms with van der Waals surface area (Å²) < 4.78 is 11.5. The number of hydrogen-bond acceptors (Lipinski definition) is 9. The molecular weight excluding hydrogens is 576 g/mol.